The summed E-state index contributed by atoms with van der Waals surface area (Å²) < 4.78 is 0. The standard InChI is InChI=1S/C12H13ClO/c13-12(14)11-8-4-7-10(11)9-5-2-1-3-6-9/h1-3,5-6,10-11H,4,7-8H2/t10-,11-/m0/s1. The van der Waals surface area contributed by atoms with Crippen molar-refractivity contribution in [3.63, 3.8) is 0 Å². The molecule has 1 aromatic rings. The van der Waals surface area contributed by atoms with Crippen LogP contribution in [0.4, 0.5) is 0 Å². The van der Waals surface area contributed by atoms with Crippen molar-refractivity contribution in [2.24, 2.45) is 5.92 Å². The van der Waals surface area contributed by atoms with Gasteiger partial charge >= 0.3 is 0 Å². The van der Waals surface area contributed by atoms with Gasteiger partial charge in [0.15, 0.2) is 0 Å². The van der Waals surface area contributed by atoms with Gasteiger partial charge in [0.25, 0.3) is 0 Å². The number of carbonyl (C=O) groups is 1. The monoisotopic (exact) mass is 208 g/mol. The van der Waals surface area contributed by atoms with E-state index in [1.54, 1.807) is 0 Å². The Kier molecular flexibility index (Phi) is 2.87. The second-order valence-electron chi connectivity index (χ2n) is 3.86. The summed E-state index contributed by atoms with van der Waals surface area (Å²) in [6.07, 6.45) is 3.15. The molecule has 1 saturated carbocycles. The predicted octanol–water partition coefficient (Wildman–Crippen LogP) is 3.34. The molecule has 0 aromatic heterocycles. The highest BCUT2D eigenvalue weighted by Crippen LogP contribution is 2.40. The summed E-state index contributed by atoms with van der Waals surface area (Å²) in [5.74, 6) is 0.389. The van der Waals surface area contributed by atoms with E-state index in [4.69, 9.17) is 11.6 Å². The summed E-state index contributed by atoms with van der Waals surface area (Å²) in [5, 5.41) is -0.170. The van der Waals surface area contributed by atoms with E-state index in [2.05, 4.69) is 12.1 Å². The smallest absolute Gasteiger partial charge is 0.225 e. The molecule has 1 fully saturated rings. The quantitative estimate of drug-likeness (QED) is 0.682. The van der Waals surface area contributed by atoms with Crippen LogP contribution in [-0.2, 0) is 4.79 Å². The second-order valence-corrected chi connectivity index (χ2v) is 4.23. The Balaban J connectivity index is 2.22. The highest BCUT2D eigenvalue weighted by Gasteiger charge is 2.32. The van der Waals surface area contributed by atoms with Crippen molar-refractivity contribution >= 4 is 16.8 Å². The minimum Gasteiger partial charge on any atom is -0.281 e. The Morgan fingerprint density at radius 3 is 2.57 bits per heavy atom. The van der Waals surface area contributed by atoms with Crippen LogP contribution in [0.25, 0.3) is 0 Å². The largest absolute Gasteiger partial charge is 0.281 e. The van der Waals surface area contributed by atoms with Gasteiger partial charge in [-0.3, -0.25) is 4.79 Å². The fraction of sp³-hybridized carbons (Fsp3) is 0.417. The van der Waals surface area contributed by atoms with Gasteiger partial charge in [0.1, 0.15) is 0 Å². The number of carbonyl (C=O) groups excluding carboxylic acids is 1. The summed E-state index contributed by atoms with van der Waals surface area (Å²) in [4.78, 5) is 11.2. The first-order valence-electron chi connectivity index (χ1n) is 5.03. The van der Waals surface area contributed by atoms with E-state index in [-0.39, 0.29) is 11.2 Å². The molecule has 2 rings (SSSR count). The highest BCUT2D eigenvalue weighted by atomic mass is 35.5. The van der Waals surface area contributed by atoms with E-state index in [9.17, 15) is 4.79 Å². The minimum atomic E-state index is -0.170. The molecule has 1 nitrogen and oxygen atoms in total. The lowest BCUT2D eigenvalue weighted by Gasteiger charge is -2.15. The van der Waals surface area contributed by atoms with E-state index < -0.39 is 0 Å². The van der Waals surface area contributed by atoms with Gasteiger partial charge in [-0.1, -0.05) is 36.8 Å². The van der Waals surface area contributed by atoms with Crippen molar-refractivity contribution in [1.82, 2.24) is 0 Å². The lowest BCUT2D eigenvalue weighted by atomic mass is 9.90. The summed E-state index contributed by atoms with van der Waals surface area (Å²) in [6, 6.07) is 10.2. The first kappa shape index (κ1) is 9.72. The number of benzene rings is 1. The molecule has 0 heterocycles. The molecule has 2 heteroatoms. The molecule has 0 spiro atoms. The van der Waals surface area contributed by atoms with Crippen LogP contribution in [0.2, 0.25) is 0 Å². The van der Waals surface area contributed by atoms with Crippen LogP contribution < -0.4 is 0 Å². The van der Waals surface area contributed by atoms with Crippen molar-refractivity contribution < 1.29 is 4.79 Å². The van der Waals surface area contributed by atoms with E-state index in [1.807, 2.05) is 18.2 Å². The molecule has 1 aliphatic rings. The third-order valence-corrected chi connectivity index (χ3v) is 3.32. The molecule has 0 aliphatic heterocycles. The van der Waals surface area contributed by atoms with Crippen molar-refractivity contribution in [2.75, 3.05) is 0 Å². The molecular formula is C12H13ClO. The lowest BCUT2D eigenvalue weighted by Crippen LogP contribution is -2.12. The third-order valence-electron chi connectivity index (χ3n) is 3.04. The highest BCUT2D eigenvalue weighted by molar-refractivity contribution is 6.64. The van der Waals surface area contributed by atoms with Gasteiger partial charge in [-0.15, -0.1) is 0 Å². The van der Waals surface area contributed by atoms with E-state index in [0.29, 0.717) is 5.92 Å². The SMILES string of the molecule is O=C(Cl)[C@H]1CCC[C@H]1c1ccccc1. The zero-order valence-electron chi connectivity index (χ0n) is 7.95. The van der Waals surface area contributed by atoms with Crippen LogP contribution >= 0.6 is 11.6 Å². The average molecular weight is 209 g/mol. The zero-order valence-corrected chi connectivity index (χ0v) is 8.70. The maximum atomic E-state index is 11.2. The zero-order chi connectivity index (χ0) is 9.97. The number of halogens is 1. The molecule has 1 aromatic carbocycles. The van der Waals surface area contributed by atoms with E-state index >= 15 is 0 Å². The van der Waals surface area contributed by atoms with Gasteiger partial charge in [-0.25, -0.2) is 0 Å². The van der Waals surface area contributed by atoms with Crippen LogP contribution in [0.15, 0.2) is 30.3 Å². The Morgan fingerprint density at radius 1 is 1.21 bits per heavy atom. The molecule has 74 valence electrons. The topological polar surface area (TPSA) is 17.1 Å². The van der Waals surface area contributed by atoms with E-state index in [0.717, 1.165) is 19.3 Å². The van der Waals surface area contributed by atoms with E-state index in [1.165, 1.54) is 5.56 Å². The Morgan fingerprint density at radius 2 is 1.93 bits per heavy atom. The normalized spacial score (nSPS) is 26.4. The van der Waals surface area contributed by atoms with Crippen LogP contribution in [0, 0.1) is 5.92 Å². The third kappa shape index (κ3) is 1.83. The van der Waals surface area contributed by atoms with Crippen LogP contribution in [-0.4, -0.2) is 5.24 Å². The van der Waals surface area contributed by atoms with Crippen molar-refractivity contribution in [3.8, 4) is 0 Å². The Bertz CT molecular complexity index is 320. The molecule has 1 aliphatic carbocycles. The second kappa shape index (κ2) is 4.14. The predicted molar refractivity (Wildman–Crippen MR) is 57.4 cm³/mol. The van der Waals surface area contributed by atoms with Crippen molar-refractivity contribution in [2.45, 2.75) is 25.2 Å². The lowest BCUT2D eigenvalue weighted by molar-refractivity contribution is -0.115. The first-order chi connectivity index (χ1) is 6.79. The average Bonchev–Trinajstić information content (AvgIpc) is 2.67. The molecule has 14 heavy (non-hydrogen) atoms. The van der Waals surface area contributed by atoms with Crippen LogP contribution in [0.5, 0.6) is 0 Å². The summed E-state index contributed by atoms with van der Waals surface area (Å²) in [6.45, 7) is 0. The van der Waals surface area contributed by atoms with Gasteiger partial charge in [0, 0.05) is 5.92 Å². The fourth-order valence-corrected chi connectivity index (χ4v) is 2.59. The molecule has 0 amide bonds. The van der Waals surface area contributed by atoms with Gasteiger partial charge in [-0.05, 0) is 35.9 Å². The van der Waals surface area contributed by atoms with Crippen LogP contribution in [0.3, 0.4) is 0 Å². The number of hydrogen-bond acceptors (Lipinski definition) is 1. The molecule has 0 radical (unpaired) electrons. The number of hydrogen-bond donors (Lipinski definition) is 0. The summed E-state index contributed by atoms with van der Waals surface area (Å²) in [7, 11) is 0. The maximum Gasteiger partial charge on any atom is 0.225 e. The molecule has 0 bridgehead atoms. The van der Waals surface area contributed by atoms with Crippen molar-refractivity contribution in [1.29, 1.82) is 0 Å². The first-order valence-corrected chi connectivity index (χ1v) is 5.41. The van der Waals surface area contributed by atoms with Gasteiger partial charge in [-0.2, -0.15) is 0 Å². The van der Waals surface area contributed by atoms with Gasteiger partial charge in [0.2, 0.25) is 5.24 Å². The summed E-state index contributed by atoms with van der Waals surface area (Å²) in [5.41, 5.74) is 1.25. The van der Waals surface area contributed by atoms with Crippen molar-refractivity contribution in [3.05, 3.63) is 35.9 Å². The molecule has 0 saturated heterocycles. The molecule has 0 N–H and O–H groups in total. The molecule has 2 atom stereocenters. The van der Waals surface area contributed by atoms with Gasteiger partial charge < -0.3 is 0 Å². The molecule has 0 unspecified atom stereocenters. The van der Waals surface area contributed by atoms with Gasteiger partial charge in [0.05, 0.1) is 0 Å². The Labute approximate surface area is 89.1 Å². The maximum absolute atomic E-state index is 11.2. The Hall–Kier alpha value is -0.820. The van der Waals surface area contributed by atoms with Crippen LogP contribution in [0.1, 0.15) is 30.7 Å². The fourth-order valence-electron chi connectivity index (χ4n) is 2.33. The minimum absolute atomic E-state index is 0.0408. The summed E-state index contributed by atoms with van der Waals surface area (Å²) >= 11 is 5.59. The number of rotatable bonds is 2. The molecular weight excluding hydrogens is 196 g/mol.